The summed E-state index contributed by atoms with van der Waals surface area (Å²) in [4.78, 5) is 13.6. The maximum Gasteiger partial charge on any atom is 0.421 e. The maximum absolute atomic E-state index is 14.5. The zero-order chi connectivity index (χ0) is 37.6. The Kier molecular flexibility index (Phi) is 9.82. The highest BCUT2D eigenvalue weighted by molar-refractivity contribution is 7.64. The van der Waals surface area contributed by atoms with E-state index in [1.807, 2.05) is 61.9 Å². The van der Waals surface area contributed by atoms with E-state index in [9.17, 15) is 17.7 Å². The third kappa shape index (κ3) is 7.80. The Hall–Kier alpha value is -4.59. The van der Waals surface area contributed by atoms with Crippen LogP contribution in [0.3, 0.4) is 0 Å². The van der Waals surface area contributed by atoms with E-state index in [-0.39, 0.29) is 12.1 Å². The molecule has 1 saturated carbocycles. The van der Waals surface area contributed by atoms with Crippen molar-refractivity contribution in [3.8, 4) is 16.9 Å². The molecule has 0 amide bonds. The number of rotatable bonds is 10. The van der Waals surface area contributed by atoms with E-state index < -0.39 is 31.0 Å². The molecule has 286 valence electrons. The number of aryl methyl sites for hydroxylation is 1. The molecule has 3 fully saturated rings. The van der Waals surface area contributed by atoms with Gasteiger partial charge in [-0.1, -0.05) is 24.3 Å². The molecule has 1 atom stereocenters. The first kappa shape index (κ1) is 36.4. The van der Waals surface area contributed by atoms with E-state index in [1.54, 1.807) is 28.8 Å². The van der Waals surface area contributed by atoms with Crippen molar-refractivity contribution in [2.45, 2.75) is 50.2 Å². The molecule has 1 unspecified atom stereocenters. The summed E-state index contributed by atoms with van der Waals surface area (Å²) in [5.74, 6) is 0.0997. The molecule has 3 N–H and O–H groups in total. The van der Waals surface area contributed by atoms with Gasteiger partial charge in [0.25, 0.3) is 0 Å². The van der Waals surface area contributed by atoms with E-state index in [0.29, 0.717) is 23.2 Å². The minimum absolute atomic E-state index is 0.0456. The number of halogens is 3. The average Bonchev–Trinajstić information content (AvgIpc) is 3.87. The van der Waals surface area contributed by atoms with Gasteiger partial charge in [0.05, 0.1) is 23.7 Å². The number of fused-ring (bicyclic) bond motifs is 1. The quantitative estimate of drug-likeness (QED) is 0.147. The van der Waals surface area contributed by atoms with Crippen LogP contribution < -0.4 is 30.3 Å². The SMILES string of the molecule is Cn1cc(-c2cc(Nc3ncc(C(F)(F)F)c(NC4C=Cc5ccccc5N4P(C)(C)=O)n3)c(OC3CC3)cc2N2CCC(N3CCNCC3)CC2)cn1. The number of piperidine rings is 1. The van der Waals surface area contributed by atoms with Crippen LogP contribution in [0.15, 0.2) is 61.1 Å². The van der Waals surface area contributed by atoms with Crippen LogP contribution in [-0.4, -0.2) is 95.6 Å². The number of anilines is 5. The number of hydrogen-bond donors (Lipinski definition) is 3. The Morgan fingerprint density at radius 2 is 1.74 bits per heavy atom. The van der Waals surface area contributed by atoms with Crippen molar-refractivity contribution in [1.82, 2.24) is 30.0 Å². The summed E-state index contributed by atoms with van der Waals surface area (Å²) in [5.41, 5.74) is 3.82. The largest absolute Gasteiger partial charge is 0.488 e. The summed E-state index contributed by atoms with van der Waals surface area (Å²) in [6, 6.07) is 11.9. The van der Waals surface area contributed by atoms with Gasteiger partial charge in [-0.2, -0.15) is 23.3 Å². The lowest BCUT2D eigenvalue weighted by atomic mass is 9.98. The molecule has 0 spiro atoms. The minimum atomic E-state index is -4.75. The van der Waals surface area contributed by atoms with E-state index in [0.717, 1.165) is 93.5 Å². The number of nitrogens with zero attached hydrogens (tertiary/aromatic N) is 7. The number of para-hydroxylation sites is 1. The molecule has 1 aliphatic carbocycles. The smallest absolute Gasteiger partial charge is 0.421 e. The molecule has 8 rings (SSSR count). The predicted octanol–water partition coefficient (Wildman–Crippen LogP) is 6.86. The molecule has 4 aliphatic rings. The zero-order valence-corrected chi connectivity index (χ0v) is 31.6. The van der Waals surface area contributed by atoms with Crippen LogP contribution in [0.1, 0.15) is 36.8 Å². The van der Waals surface area contributed by atoms with Crippen molar-refractivity contribution in [1.29, 1.82) is 0 Å². The molecule has 2 aromatic carbocycles. The van der Waals surface area contributed by atoms with Crippen molar-refractivity contribution >= 4 is 42.2 Å². The van der Waals surface area contributed by atoms with Crippen LogP contribution in [0.25, 0.3) is 17.2 Å². The summed E-state index contributed by atoms with van der Waals surface area (Å²) < 4.78 is 66.9. The van der Waals surface area contributed by atoms with Crippen molar-refractivity contribution in [3.05, 3.63) is 72.2 Å². The molecule has 3 aliphatic heterocycles. The number of benzene rings is 2. The Balaban J connectivity index is 1.14. The van der Waals surface area contributed by atoms with Gasteiger partial charge in [0.1, 0.15) is 23.3 Å². The third-order valence-electron chi connectivity index (χ3n) is 10.5. The first-order valence-corrected chi connectivity index (χ1v) is 21.1. The van der Waals surface area contributed by atoms with Gasteiger partial charge < -0.3 is 30.2 Å². The van der Waals surface area contributed by atoms with Crippen LogP contribution in [0.4, 0.5) is 42.0 Å². The van der Waals surface area contributed by atoms with Crippen molar-refractivity contribution in [2.75, 3.05) is 72.8 Å². The lowest BCUT2D eigenvalue weighted by Crippen LogP contribution is -2.52. The monoisotopic (exact) mass is 762 g/mol. The van der Waals surface area contributed by atoms with Gasteiger partial charge in [-0.05, 0) is 49.5 Å². The van der Waals surface area contributed by atoms with Gasteiger partial charge >= 0.3 is 6.18 Å². The summed E-state index contributed by atoms with van der Waals surface area (Å²) >= 11 is 0. The normalized spacial score (nSPS) is 19.9. The van der Waals surface area contributed by atoms with E-state index in [1.165, 1.54) is 0 Å². The first-order valence-electron chi connectivity index (χ1n) is 18.5. The number of ether oxygens (including phenoxy) is 1. The number of alkyl halides is 3. The van der Waals surface area contributed by atoms with Crippen LogP contribution >= 0.6 is 7.29 Å². The van der Waals surface area contributed by atoms with Crippen LogP contribution in [0, 0.1) is 0 Å². The summed E-state index contributed by atoms with van der Waals surface area (Å²) in [6.45, 7) is 9.12. The van der Waals surface area contributed by atoms with Gasteiger partial charge in [0.15, 0.2) is 7.29 Å². The van der Waals surface area contributed by atoms with E-state index in [2.05, 4.69) is 40.8 Å². The molecule has 4 aromatic rings. The standard InChI is InChI=1S/C38H46F3N10O2P/c1-48-24-26(22-44-48)29-20-31(34(53-28-9-10-28)21-33(29)50-16-12-27(13-17-50)49-18-14-42-15-19-49)45-37-43-23-30(38(39,40)41)36(47-37)46-35-11-8-25-6-4-5-7-32(25)51(35)54(2,3)52/h4-8,11,20-24,27-28,35,42H,9-10,12-19H2,1-3H3,(H2,43,45,46,47). The number of piperazine rings is 1. The predicted molar refractivity (Wildman–Crippen MR) is 207 cm³/mol. The third-order valence-corrected chi connectivity index (χ3v) is 12.0. The van der Waals surface area contributed by atoms with Crippen LogP contribution in [0.2, 0.25) is 0 Å². The van der Waals surface area contributed by atoms with E-state index in [4.69, 9.17) is 4.74 Å². The molecule has 12 nitrogen and oxygen atoms in total. The van der Waals surface area contributed by atoms with Gasteiger partial charge in [-0.15, -0.1) is 0 Å². The summed E-state index contributed by atoms with van der Waals surface area (Å²) in [7, 11) is -1.15. The Bertz CT molecular complexity index is 2070. The molecular formula is C38H46F3N10O2P. The lowest BCUT2D eigenvalue weighted by molar-refractivity contribution is -0.137. The molecule has 5 heterocycles. The highest BCUT2D eigenvalue weighted by Crippen LogP contribution is 2.50. The van der Waals surface area contributed by atoms with Gasteiger partial charge in [0.2, 0.25) is 5.95 Å². The molecule has 2 aromatic heterocycles. The maximum atomic E-state index is 14.5. The Morgan fingerprint density at radius 3 is 2.43 bits per heavy atom. The Morgan fingerprint density at radius 1 is 0.981 bits per heavy atom. The Labute approximate surface area is 313 Å². The molecule has 54 heavy (non-hydrogen) atoms. The lowest BCUT2D eigenvalue weighted by Gasteiger charge is -2.41. The number of aromatic nitrogens is 4. The molecule has 16 heteroatoms. The topological polar surface area (TPSA) is 116 Å². The molecule has 0 radical (unpaired) electrons. The van der Waals surface area contributed by atoms with Gasteiger partial charge in [-0.3, -0.25) is 14.3 Å². The molecule has 0 bridgehead atoms. The van der Waals surface area contributed by atoms with Crippen LogP contribution in [-0.2, 0) is 17.8 Å². The average molecular weight is 763 g/mol. The fraction of sp³-hybridized carbons (Fsp3) is 0.447. The second kappa shape index (κ2) is 14.6. The summed E-state index contributed by atoms with van der Waals surface area (Å²) in [6.07, 6.45) is 6.43. The van der Waals surface area contributed by atoms with Gasteiger partial charge in [-0.25, -0.2) is 4.98 Å². The van der Waals surface area contributed by atoms with Crippen molar-refractivity contribution < 1.29 is 22.5 Å². The van der Waals surface area contributed by atoms with Crippen LogP contribution in [0.5, 0.6) is 5.75 Å². The van der Waals surface area contributed by atoms with Gasteiger partial charge in [0, 0.05) is 101 Å². The zero-order valence-electron chi connectivity index (χ0n) is 30.7. The minimum Gasteiger partial charge on any atom is -0.488 e. The molecular weight excluding hydrogens is 716 g/mol. The van der Waals surface area contributed by atoms with Crippen molar-refractivity contribution in [2.24, 2.45) is 7.05 Å². The van der Waals surface area contributed by atoms with E-state index >= 15 is 0 Å². The fourth-order valence-corrected chi connectivity index (χ4v) is 9.09. The highest BCUT2D eigenvalue weighted by atomic mass is 31.2. The molecule has 2 saturated heterocycles. The highest BCUT2D eigenvalue weighted by Gasteiger charge is 2.38. The second-order valence-corrected chi connectivity index (χ2v) is 17.8. The second-order valence-electron chi connectivity index (χ2n) is 14.8. The first-order chi connectivity index (χ1) is 25.9. The number of hydrogen-bond acceptors (Lipinski definition) is 10. The number of nitrogens with one attached hydrogen (secondary N) is 3. The fourth-order valence-electron chi connectivity index (χ4n) is 7.65. The van der Waals surface area contributed by atoms with Crippen molar-refractivity contribution in [3.63, 3.8) is 0 Å². The summed E-state index contributed by atoms with van der Waals surface area (Å²) in [5, 5.41) is 14.1.